The number of hydrogen-bond donors (Lipinski definition) is 0. The van der Waals surface area contributed by atoms with Crippen LogP contribution in [0.25, 0.3) is 39.1 Å². The molecule has 2 heterocycles. The summed E-state index contributed by atoms with van der Waals surface area (Å²) in [7, 11) is 0. The number of fused-ring (bicyclic) bond motifs is 1. The molecule has 0 N–H and O–H groups in total. The Bertz CT molecular complexity index is 1510. The van der Waals surface area contributed by atoms with Gasteiger partial charge in [0.05, 0.1) is 22.3 Å². The van der Waals surface area contributed by atoms with E-state index in [1.807, 2.05) is 0 Å². The van der Waals surface area contributed by atoms with E-state index in [-0.39, 0.29) is 11.1 Å². The molecular formula is C27H16F6N2. The third kappa shape index (κ3) is 4.16. The number of alkyl halides is 6. The fraction of sp³-hybridized carbons (Fsp3) is 0.0741. The van der Waals surface area contributed by atoms with Crippen LogP contribution in [-0.2, 0) is 12.4 Å². The first-order valence-corrected chi connectivity index (χ1v) is 10.5. The zero-order valence-electron chi connectivity index (χ0n) is 17.9. The molecule has 0 saturated carbocycles. The van der Waals surface area contributed by atoms with E-state index in [0.29, 0.717) is 28.0 Å². The summed E-state index contributed by atoms with van der Waals surface area (Å²) >= 11 is 0. The van der Waals surface area contributed by atoms with Gasteiger partial charge in [-0.05, 0) is 53.6 Å². The highest BCUT2D eigenvalue weighted by Crippen LogP contribution is 2.44. The Kier molecular flexibility index (Phi) is 5.39. The summed E-state index contributed by atoms with van der Waals surface area (Å²) in [5, 5.41) is 0.588. The molecule has 0 aliphatic carbocycles. The lowest BCUT2D eigenvalue weighted by atomic mass is 9.96. The molecule has 35 heavy (non-hydrogen) atoms. The minimum absolute atomic E-state index is 0.203. The van der Waals surface area contributed by atoms with Crippen molar-refractivity contribution in [2.45, 2.75) is 12.4 Å². The molecule has 0 unspecified atom stereocenters. The Balaban J connectivity index is 1.92. The number of halogens is 6. The highest BCUT2D eigenvalue weighted by molar-refractivity contribution is 6.05. The second kappa shape index (κ2) is 8.30. The van der Waals surface area contributed by atoms with Crippen LogP contribution in [0.4, 0.5) is 26.3 Å². The molecule has 0 radical (unpaired) electrons. The molecule has 0 aliphatic heterocycles. The van der Waals surface area contributed by atoms with E-state index >= 15 is 0 Å². The minimum Gasteiger partial charge on any atom is -0.293 e. The van der Waals surface area contributed by atoms with Gasteiger partial charge in [0, 0.05) is 17.1 Å². The largest absolute Gasteiger partial charge is 0.416 e. The van der Waals surface area contributed by atoms with E-state index in [4.69, 9.17) is 0 Å². The van der Waals surface area contributed by atoms with Crippen molar-refractivity contribution in [3.8, 4) is 28.2 Å². The van der Waals surface area contributed by atoms with Crippen molar-refractivity contribution >= 4 is 10.9 Å². The highest BCUT2D eigenvalue weighted by Gasteiger charge is 2.33. The van der Waals surface area contributed by atoms with Crippen molar-refractivity contribution in [3.63, 3.8) is 0 Å². The second-order valence-electron chi connectivity index (χ2n) is 7.92. The summed E-state index contributed by atoms with van der Waals surface area (Å²) in [6, 6.07) is 21.7. The van der Waals surface area contributed by atoms with Crippen LogP contribution >= 0.6 is 0 Å². The van der Waals surface area contributed by atoms with Crippen molar-refractivity contribution in [2.75, 3.05) is 0 Å². The number of para-hydroxylation sites is 1. The Morgan fingerprint density at radius 1 is 0.600 bits per heavy atom. The number of aromatic nitrogens is 2. The van der Waals surface area contributed by atoms with Crippen molar-refractivity contribution in [1.82, 2.24) is 9.55 Å². The van der Waals surface area contributed by atoms with Crippen LogP contribution in [0.15, 0.2) is 97.2 Å². The van der Waals surface area contributed by atoms with Gasteiger partial charge < -0.3 is 0 Å². The van der Waals surface area contributed by atoms with Gasteiger partial charge in [0.1, 0.15) is 5.82 Å². The molecule has 2 nitrogen and oxygen atoms in total. The van der Waals surface area contributed by atoms with Crippen LogP contribution in [-0.4, -0.2) is 9.55 Å². The lowest BCUT2D eigenvalue weighted by molar-refractivity contribution is -0.138. The van der Waals surface area contributed by atoms with Crippen LogP contribution in [0.2, 0.25) is 0 Å². The molecule has 0 amide bonds. The van der Waals surface area contributed by atoms with Gasteiger partial charge in [-0.15, -0.1) is 0 Å². The predicted octanol–water partition coefficient (Wildman–Crippen LogP) is 8.40. The van der Waals surface area contributed by atoms with E-state index in [1.54, 1.807) is 53.2 Å². The molecule has 0 bridgehead atoms. The average Bonchev–Trinajstić information content (AvgIpc) is 3.19. The maximum absolute atomic E-state index is 13.6. The van der Waals surface area contributed by atoms with Gasteiger partial charge in [-0.2, -0.15) is 26.3 Å². The first kappa shape index (κ1) is 22.7. The molecule has 0 aliphatic rings. The molecule has 0 spiro atoms. The van der Waals surface area contributed by atoms with Crippen LogP contribution < -0.4 is 0 Å². The van der Waals surface area contributed by atoms with E-state index < -0.39 is 23.5 Å². The predicted molar refractivity (Wildman–Crippen MR) is 122 cm³/mol. The number of hydrogen-bond acceptors (Lipinski definition) is 1. The lowest BCUT2D eigenvalue weighted by Crippen LogP contribution is -2.06. The normalized spacial score (nSPS) is 12.3. The zero-order chi connectivity index (χ0) is 24.8. The summed E-state index contributed by atoms with van der Waals surface area (Å²) in [6.45, 7) is 0. The Morgan fingerprint density at radius 3 is 1.83 bits per heavy atom. The minimum atomic E-state index is -4.59. The maximum atomic E-state index is 13.6. The maximum Gasteiger partial charge on any atom is 0.416 e. The van der Waals surface area contributed by atoms with Crippen LogP contribution in [0.5, 0.6) is 0 Å². The summed E-state index contributed by atoms with van der Waals surface area (Å²) in [5.74, 6) is 0.425. The number of rotatable bonds is 3. The summed E-state index contributed by atoms with van der Waals surface area (Å²) in [4.78, 5) is 4.38. The van der Waals surface area contributed by atoms with Crippen molar-refractivity contribution in [3.05, 3.63) is 108 Å². The summed E-state index contributed by atoms with van der Waals surface area (Å²) in [5.41, 5.74) is 0.0349. The smallest absolute Gasteiger partial charge is 0.293 e. The summed E-state index contributed by atoms with van der Waals surface area (Å²) < 4.78 is 83.0. The van der Waals surface area contributed by atoms with Gasteiger partial charge in [0.25, 0.3) is 0 Å². The molecule has 3 aromatic carbocycles. The molecule has 0 fully saturated rings. The van der Waals surface area contributed by atoms with Gasteiger partial charge in [0.2, 0.25) is 0 Å². The second-order valence-corrected chi connectivity index (χ2v) is 7.92. The molecule has 0 saturated heterocycles. The Labute approximate surface area is 196 Å². The third-order valence-corrected chi connectivity index (χ3v) is 5.69. The number of nitrogens with zero attached hydrogens (tertiary/aromatic N) is 2. The Hall–Kier alpha value is -4.07. The van der Waals surface area contributed by atoms with Crippen LogP contribution in [0, 0.1) is 0 Å². The highest BCUT2D eigenvalue weighted by atomic mass is 19.4. The average molecular weight is 482 g/mol. The molecule has 2 aromatic heterocycles. The molecule has 5 aromatic rings. The van der Waals surface area contributed by atoms with Crippen LogP contribution in [0.1, 0.15) is 11.1 Å². The standard InChI is InChI=1S/C27H16F6N2/c28-26(29,30)19-9-5-7-17(15-19)24-21-11-1-2-12-22(21)35(23-13-3-4-14-34-23)25(24)18-8-6-10-20(16-18)27(31,32)33/h1-16H. The van der Waals surface area contributed by atoms with E-state index in [2.05, 4.69) is 4.98 Å². The van der Waals surface area contributed by atoms with Crippen molar-refractivity contribution in [1.29, 1.82) is 0 Å². The van der Waals surface area contributed by atoms with Crippen LogP contribution in [0.3, 0.4) is 0 Å². The van der Waals surface area contributed by atoms with Gasteiger partial charge in [-0.3, -0.25) is 4.57 Å². The molecule has 8 heteroatoms. The Morgan fingerprint density at radius 2 is 1.20 bits per heavy atom. The van der Waals surface area contributed by atoms with Gasteiger partial charge in [-0.1, -0.05) is 48.5 Å². The topological polar surface area (TPSA) is 17.8 Å². The van der Waals surface area contributed by atoms with Gasteiger partial charge in [-0.25, -0.2) is 4.98 Å². The van der Waals surface area contributed by atoms with E-state index in [0.717, 1.165) is 24.3 Å². The van der Waals surface area contributed by atoms with Gasteiger partial charge in [0.15, 0.2) is 0 Å². The SMILES string of the molecule is FC(F)(F)c1cccc(-c2c(-c3cccc(C(F)(F)F)c3)n(-c3ccccn3)c3ccccc23)c1. The fourth-order valence-electron chi connectivity index (χ4n) is 4.22. The molecular weight excluding hydrogens is 466 g/mol. The molecule has 176 valence electrons. The first-order chi connectivity index (χ1) is 16.6. The van der Waals surface area contributed by atoms with Crippen molar-refractivity contribution in [2.24, 2.45) is 0 Å². The molecule has 0 atom stereocenters. The van der Waals surface area contributed by atoms with E-state index in [1.165, 1.54) is 24.3 Å². The number of benzene rings is 3. The third-order valence-electron chi connectivity index (χ3n) is 5.69. The van der Waals surface area contributed by atoms with Gasteiger partial charge >= 0.3 is 12.4 Å². The number of pyridine rings is 1. The van der Waals surface area contributed by atoms with Crippen molar-refractivity contribution < 1.29 is 26.3 Å². The lowest BCUT2D eigenvalue weighted by Gasteiger charge is -2.15. The molecule has 5 rings (SSSR count). The quantitative estimate of drug-likeness (QED) is 0.236. The van der Waals surface area contributed by atoms with E-state index in [9.17, 15) is 26.3 Å². The zero-order valence-corrected chi connectivity index (χ0v) is 17.9. The summed E-state index contributed by atoms with van der Waals surface area (Å²) in [6.07, 6.45) is -7.62. The fourth-order valence-corrected chi connectivity index (χ4v) is 4.22. The monoisotopic (exact) mass is 482 g/mol. The first-order valence-electron chi connectivity index (χ1n) is 10.5.